The summed E-state index contributed by atoms with van der Waals surface area (Å²) >= 11 is 13.3. The van der Waals surface area contributed by atoms with Gasteiger partial charge in [0.1, 0.15) is 11.3 Å². The van der Waals surface area contributed by atoms with Crippen molar-refractivity contribution in [3.63, 3.8) is 0 Å². The van der Waals surface area contributed by atoms with Gasteiger partial charge in [-0.25, -0.2) is 9.97 Å². The molecule has 0 amide bonds. The number of pyridine rings is 1. The van der Waals surface area contributed by atoms with Crippen LogP contribution >= 0.6 is 43.5 Å². The normalized spacial score (nSPS) is 12.8. The predicted molar refractivity (Wildman–Crippen MR) is 93.3 cm³/mol. The van der Waals surface area contributed by atoms with Crippen LogP contribution in [0.25, 0.3) is 16.9 Å². The van der Waals surface area contributed by atoms with E-state index in [2.05, 4.69) is 60.9 Å². The van der Waals surface area contributed by atoms with Gasteiger partial charge in [0.25, 0.3) is 0 Å². The second-order valence-electron chi connectivity index (χ2n) is 4.85. The SMILES string of the molecule is Cc1ccc(-n2c(C(C)Cl)nc3cc(Br)cnc32)cc1Br. The molecule has 108 valence electrons. The van der Waals surface area contributed by atoms with Crippen LogP contribution in [0.2, 0.25) is 0 Å². The van der Waals surface area contributed by atoms with Gasteiger partial charge < -0.3 is 0 Å². The summed E-state index contributed by atoms with van der Waals surface area (Å²) in [4.78, 5) is 9.12. The molecule has 6 heteroatoms. The smallest absolute Gasteiger partial charge is 0.164 e. The topological polar surface area (TPSA) is 30.7 Å². The Bertz CT molecular complexity index is 827. The highest BCUT2D eigenvalue weighted by molar-refractivity contribution is 9.10. The zero-order valence-corrected chi connectivity index (χ0v) is 15.4. The highest BCUT2D eigenvalue weighted by Gasteiger charge is 2.18. The van der Waals surface area contributed by atoms with Crippen LogP contribution in [0.5, 0.6) is 0 Å². The number of alkyl halides is 1. The first-order chi connectivity index (χ1) is 9.97. The Labute approximate surface area is 144 Å². The van der Waals surface area contributed by atoms with Gasteiger partial charge in [0.2, 0.25) is 0 Å². The first kappa shape index (κ1) is 15.0. The number of rotatable bonds is 2. The lowest BCUT2D eigenvalue weighted by molar-refractivity contribution is 0.876. The molecule has 2 aromatic heterocycles. The number of nitrogens with zero attached hydrogens (tertiary/aromatic N) is 3. The lowest BCUT2D eigenvalue weighted by Crippen LogP contribution is -2.03. The zero-order chi connectivity index (χ0) is 15.1. The van der Waals surface area contributed by atoms with E-state index in [1.807, 2.05) is 23.6 Å². The minimum atomic E-state index is -0.210. The van der Waals surface area contributed by atoms with E-state index < -0.39 is 0 Å². The molecule has 0 aliphatic carbocycles. The average molecular weight is 430 g/mol. The fourth-order valence-electron chi connectivity index (χ4n) is 2.20. The molecule has 21 heavy (non-hydrogen) atoms. The highest BCUT2D eigenvalue weighted by atomic mass is 79.9. The molecule has 2 heterocycles. The molecule has 0 radical (unpaired) electrons. The van der Waals surface area contributed by atoms with Gasteiger partial charge in [0, 0.05) is 15.1 Å². The van der Waals surface area contributed by atoms with Crippen molar-refractivity contribution in [3.05, 3.63) is 50.8 Å². The largest absolute Gasteiger partial charge is 0.279 e. The van der Waals surface area contributed by atoms with Crippen LogP contribution in [0.3, 0.4) is 0 Å². The van der Waals surface area contributed by atoms with Crippen molar-refractivity contribution in [1.29, 1.82) is 0 Å². The highest BCUT2D eigenvalue weighted by Crippen LogP contribution is 2.30. The van der Waals surface area contributed by atoms with E-state index in [-0.39, 0.29) is 5.38 Å². The fraction of sp³-hybridized carbons (Fsp3) is 0.200. The van der Waals surface area contributed by atoms with E-state index in [1.54, 1.807) is 6.20 Å². The number of aromatic nitrogens is 3. The van der Waals surface area contributed by atoms with E-state index in [4.69, 9.17) is 11.6 Å². The van der Waals surface area contributed by atoms with E-state index >= 15 is 0 Å². The summed E-state index contributed by atoms with van der Waals surface area (Å²) in [5.74, 6) is 0.785. The lowest BCUT2D eigenvalue weighted by atomic mass is 10.2. The first-order valence-corrected chi connectivity index (χ1v) is 8.44. The van der Waals surface area contributed by atoms with Crippen molar-refractivity contribution in [1.82, 2.24) is 14.5 Å². The maximum Gasteiger partial charge on any atom is 0.164 e. The second-order valence-corrected chi connectivity index (χ2v) is 7.28. The third-order valence-corrected chi connectivity index (χ3v) is 4.74. The molecular formula is C15H12Br2ClN3. The van der Waals surface area contributed by atoms with Gasteiger partial charge in [-0.1, -0.05) is 22.0 Å². The molecule has 1 atom stereocenters. The van der Waals surface area contributed by atoms with E-state index in [9.17, 15) is 0 Å². The second kappa shape index (κ2) is 5.71. The fourth-order valence-corrected chi connectivity index (χ4v) is 3.03. The monoisotopic (exact) mass is 427 g/mol. The first-order valence-electron chi connectivity index (χ1n) is 6.42. The van der Waals surface area contributed by atoms with E-state index in [1.165, 1.54) is 5.56 Å². The summed E-state index contributed by atoms with van der Waals surface area (Å²) in [6, 6.07) is 8.12. The third-order valence-electron chi connectivity index (χ3n) is 3.26. The lowest BCUT2D eigenvalue weighted by Gasteiger charge is -2.11. The van der Waals surface area contributed by atoms with E-state index in [0.29, 0.717) is 0 Å². The molecule has 1 aromatic carbocycles. The van der Waals surface area contributed by atoms with Gasteiger partial charge in [0.15, 0.2) is 5.65 Å². The maximum absolute atomic E-state index is 6.31. The molecule has 1 unspecified atom stereocenters. The molecule has 3 nitrogen and oxygen atoms in total. The van der Waals surface area contributed by atoms with Crippen molar-refractivity contribution >= 4 is 54.6 Å². The van der Waals surface area contributed by atoms with Crippen LogP contribution in [0.1, 0.15) is 23.7 Å². The number of halogens is 3. The Morgan fingerprint density at radius 3 is 2.67 bits per heavy atom. The maximum atomic E-state index is 6.31. The minimum Gasteiger partial charge on any atom is -0.279 e. The summed E-state index contributed by atoms with van der Waals surface area (Å²) in [6.07, 6.45) is 1.77. The van der Waals surface area contributed by atoms with Crippen molar-refractivity contribution in [2.75, 3.05) is 0 Å². The Kier molecular flexibility index (Phi) is 4.08. The van der Waals surface area contributed by atoms with Gasteiger partial charge in [0.05, 0.1) is 11.1 Å². The van der Waals surface area contributed by atoms with Crippen molar-refractivity contribution in [2.24, 2.45) is 0 Å². The molecule has 0 saturated carbocycles. The summed E-state index contributed by atoms with van der Waals surface area (Å²) < 4.78 is 3.95. The number of imidazole rings is 1. The molecule has 0 bridgehead atoms. The van der Waals surface area contributed by atoms with Gasteiger partial charge in [-0.3, -0.25) is 4.57 Å². The number of hydrogen-bond acceptors (Lipinski definition) is 2. The van der Waals surface area contributed by atoms with Gasteiger partial charge >= 0.3 is 0 Å². The van der Waals surface area contributed by atoms with Crippen LogP contribution in [-0.2, 0) is 0 Å². The van der Waals surface area contributed by atoms with Crippen LogP contribution in [0, 0.1) is 6.92 Å². The number of benzene rings is 1. The van der Waals surface area contributed by atoms with Crippen LogP contribution in [0.15, 0.2) is 39.4 Å². The number of hydrogen-bond donors (Lipinski definition) is 0. The van der Waals surface area contributed by atoms with Gasteiger partial charge in [-0.05, 0) is 53.5 Å². The van der Waals surface area contributed by atoms with Crippen LogP contribution < -0.4 is 0 Å². The summed E-state index contributed by atoms with van der Waals surface area (Å²) in [6.45, 7) is 3.97. The van der Waals surface area contributed by atoms with Crippen molar-refractivity contribution < 1.29 is 0 Å². The molecule has 0 aliphatic rings. The molecule has 0 fully saturated rings. The standard InChI is InChI=1S/C15H12Br2ClN3/c1-8-3-4-11(6-12(8)17)21-14(9(2)18)20-13-5-10(16)7-19-15(13)21/h3-7,9H,1-2H3. The van der Waals surface area contributed by atoms with Crippen molar-refractivity contribution in [3.8, 4) is 5.69 Å². The molecule has 3 rings (SSSR count). The molecule has 0 saturated heterocycles. The van der Waals surface area contributed by atoms with Crippen LogP contribution in [-0.4, -0.2) is 14.5 Å². The average Bonchev–Trinajstić information content (AvgIpc) is 2.80. The Balaban J connectivity index is 2.33. The minimum absolute atomic E-state index is 0.210. The Hall–Kier alpha value is -0.910. The Morgan fingerprint density at radius 1 is 1.24 bits per heavy atom. The predicted octanol–water partition coefficient (Wildman–Crippen LogP) is 5.55. The molecule has 0 spiro atoms. The quantitative estimate of drug-likeness (QED) is 0.500. The third kappa shape index (κ3) is 2.74. The molecule has 0 N–H and O–H groups in total. The summed E-state index contributed by atoms with van der Waals surface area (Å²) in [7, 11) is 0. The van der Waals surface area contributed by atoms with Crippen molar-refractivity contribution in [2.45, 2.75) is 19.2 Å². The van der Waals surface area contributed by atoms with E-state index in [0.717, 1.165) is 31.6 Å². The molecule has 0 aliphatic heterocycles. The molecule has 3 aromatic rings. The number of aryl methyl sites for hydroxylation is 1. The Morgan fingerprint density at radius 2 is 2.00 bits per heavy atom. The van der Waals surface area contributed by atoms with Gasteiger partial charge in [-0.2, -0.15) is 0 Å². The summed E-state index contributed by atoms with van der Waals surface area (Å²) in [5, 5.41) is -0.210. The van der Waals surface area contributed by atoms with Crippen LogP contribution in [0.4, 0.5) is 0 Å². The molecular weight excluding hydrogens is 417 g/mol. The summed E-state index contributed by atoms with van der Waals surface area (Å²) in [5.41, 5.74) is 3.80. The van der Waals surface area contributed by atoms with Gasteiger partial charge in [-0.15, -0.1) is 11.6 Å². The zero-order valence-electron chi connectivity index (χ0n) is 11.4. The number of fused-ring (bicyclic) bond motifs is 1.